The predicted octanol–water partition coefficient (Wildman–Crippen LogP) is -0.828. The van der Waals surface area contributed by atoms with Gasteiger partial charge in [-0.25, -0.2) is 13.2 Å². The van der Waals surface area contributed by atoms with Gasteiger partial charge in [0.05, 0.1) is 12.3 Å². The molecule has 1 heterocycles. The summed E-state index contributed by atoms with van der Waals surface area (Å²) in [7, 11) is 0.384. The first-order valence-corrected chi connectivity index (χ1v) is 7.16. The smallest absolute Gasteiger partial charge is 0.407 e. The summed E-state index contributed by atoms with van der Waals surface area (Å²) in [5, 5.41) is 8.92. The number of hydrogen-bond donors (Lipinski definition) is 1. The van der Waals surface area contributed by atoms with Crippen molar-refractivity contribution in [3.63, 3.8) is 0 Å². The molecule has 1 aliphatic heterocycles. The van der Waals surface area contributed by atoms with E-state index < -0.39 is 16.1 Å². The quantitative estimate of drug-likeness (QED) is 0.720. The Morgan fingerprint density at radius 1 is 1.41 bits per heavy atom. The van der Waals surface area contributed by atoms with E-state index in [0.29, 0.717) is 6.54 Å². The van der Waals surface area contributed by atoms with Crippen LogP contribution in [0.4, 0.5) is 4.79 Å². The van der Waals surface area contributed by atoms with Crippen molar-refractivity contribution in [3.8, 4) is 0 Å². The van der Waals surface area contributed by atoms with Gasteiger partial charge in [-0.15, -0.1) is 0 Å². The van der Waals surface area contributed by atoms with Crippen molar-refractivity contribution in [2.45, 2.75) is 6.04 Å². The van der Waals surface area contributed by atoms with Crippen LogP contribution in [0.3, 0.4) is 0 Å². The average Bonchev–Trinajstić information content (AvgIpc) is 2.14. The Bertz CT molecular complexity index is 382. The Kier molecular flexibility index (Phi) is 4.34. The van der Waals surface area contributed by atoms with Crippen LogP contribution in [0.25, 0.3) is 0 Å². The third-order valence-corrected chi connectivity index (χ3v) is 4.03. The molecular formula is C9H19N3O4S. The van der Waals surface area contributed by atoms with Gasteiger partial charge in [-0.2, -0.15) is 4.31 Å². The van der Waals surface area contributed by atoms with Gasteiger partial charge in [0.2, 0.25) is 10.0 Å². The Morgan fingerprint density at radius 2 is 2.00 bits per heavy atom. The minimum atomic E-state index is -3.28. The minimum Gasteiger partial charge on any atom is -0.465 e. The molecule has 1 aliphatic rings. The molecule has 100 valence electrons. The first-order valence-electron chi connectivity index (χ1n) is 5.31. The summed E-state index contributed by atoms with van der Waals surface area (Å²) >= 11 is 0. The number of rotatable bonds is 3. The zero-order valence-electron chi connectivity index (χ0n) is 10.3. The monoisotopic (exact) mass is 265 g/mol. The fourth-order valence-electron chi connectivity index (χ4n) is 2.02. The highest BCUT2D eigenvalue weighted by atomic mass is 32.2. The molecule has 1 amide bonds. The number of nitrogens with zero attached hydrogens (tertiary/aromatic N) is 3. The molecule has 0 aromatic carbocycles. The van der Waals surface area contributed by atoms with Crippen molar-refractivity contribution < 1.29 is 18.3 Å². The van der Waals surface area contributed by atoms with Gasteiger partial charge in [0.1, 0.15) is 0 Å². The molecule has 1 N–H and O–H groups in total. The number of piperazine rings is 1. The lowest BCUT2D eigenvalue weighted by molar-refractivity contribution is 0.0963. The maximum atomic E-state index is 11.6. The van der Waals surface area contributed by atoms with E-state index in [4.69, 9.17) is 5.11 Å². The van der Waals surface area contributed by atoms with Crippen LogP contribution in [0.15, 0.2) is 0 Å². The Morgan fingerprint density at radius 3 is 2.41 bits per heavy atom. The van der Waals surface area contributed by atoms with Crippen LogP contribution in [-0.4, -0.2) is 86.3 Å². The molecule has 1 fully saturated rings. The highest BCUT2D eigenvalue weighted by Crippen LogP contribution is 2.14. The van der Waals surface area contributed by atoms with Gasteiger partial charge < -0.3 is 14.9 Å². The molecule has 7 nitrogen and oxygen atoms in total. The number of likely N-dealkylation sites (N-methyl/N-ethyl adjacent to an activating group) is 1. The molecule has 0 aromatic rings. The number of hydrogen-bond acceptors (Lipinski definition) is 4. The first kappa shape index (κ1) is 14.2. The van der Waals surface area contributed by atoms with E-state index in [9.17, 15) is 13.2 Å². The van der Waals surface area contributed by atoms with Crippen molar-refractivity contribution in [1.29, 1.82) is 0 Å². The lowest BCUT2D eigenvalue weighted by Crippen LogP contribution is -2.58. The Hall–Kier alpha value is -0.860. The molecule has 8 heteroatoms. The van der Waals surface area contributed by atoms with Crippen LogP contribution in [0.5, 0.6) is 0 Å². The molecule has 0 saturated carbocycles. The Balaban J connectivity index is 2.83. The summed E-state index contributed by atoms with van der Waals surface area (Å²) in [5.74, 6) is 0. The van der Waals surface area contributed by atoms with Crippen molar-refractivity contribution in [3.05, 3.63) is 0 Å². The van der Waals surface area contributed by atoms with Crippen LogP contribution < -0.4 is 0 Å². The molecule has 0 bridgehead atoms. The fraction of sp³-hybridized carbons (Fsp3) is 0.889. The molecule has 1 rings (SSSR count). The summed E-state index contributed by atoms with van der Waals surface area (Å²) in [6.45, 7) is 1.19. The van der Waals surface area contributed by atoms with E-state index in [1.165, 1.54) is 9.21 Å². The highest BCUT2D eigenvalue weighted by Gasteiger charge is 2.34. The third-order valence-electron chi connectivity index (χ3n) is 2.70. The standard InChI is InChI=1S/C9H19N3O4S/c1-10(2)6-8-7-11(9(13)14)4-5-12(8)17(3,15)16/h8H,4-7H2,1-3H3,(H,13,14). The molecule has 1 atom stereocenters. The van der Waals surface area contributed by atoms with Gasteiger partial charge in [-0.05, 0) is 14.1 Å². The molecular weight excluding hydrogens is 246 g/mol. The number of amides is 1. The molecule has 0 aliphatic carbocycles. The topological polar surface area (TPSA) is 81.2 Å². The van der Waals surface area contributed by atoms with Gasteiger partial charge >= 0.3 is 6.09 Å². The van der Waals surface area contributed by atoms with Gasteiger partial charge in [0, 0.05) is 26.2 Å². The fourth-order valence-corrected chi connectivity index (χ4v) is 3.11. The lowest BCUT2D eigenvalue weighted by atomic mass is 10.2. The van der Waals surface area contributed by atoms with Crippen molar-refractivity contribution in [2.24, 2.45) is 0 Å². The number of carboxylic acid groups (broad SMARTS) is 1. The SMILES string of the molecule is CN(C)CC1CN(C(=O)O)CCN1S(C)(=O)=O. The normalized spacial score (nSPS) is 23.1. The zero-order valence-corrected chi connectivity index (χ0v) is 11.1. The molecule has 1 saturated heterocycles. The van der Waals surface area contributed by atoms with E-state index in [0.717, 1.165) is 6.26 Å². The van der Waals surface area contributed by atoms with Crippen LogP contribution in [0.2, 0.25) is 0 Å². The number of sulfonamides is 1. The summed E-state index contributed by atoms with van der Waals surface area (Å²) in [6, 6.07) is -0.315. The van der Waals surface area contributed by atoms with E-state index in [2.05, 4.69) is 0 Å². The van der Waals surface area contributed by atoms with E-state index >= 15 is 0 Å². The Labute approximate surface area is 102 Å². The highest BCUT2D eigenvalue weighted by molar-refractivity contribution is 7.88. The second kappa shape index (κ2) is 5.19. The lowest BCUT2D eigenvalue weighted by Gasteiger charge is -2.39. The predicted molar refractivity (Wildman–Crippen MR) is 63.5 cm³/mol. The van der Waals surface area contributed by atoms with Gasteiger partial charge in [-0.1, -0.05) is 0 Å². The molecule has 0 spiro atoms. The van der Waals surface area contributed by atoms with Crippen molar-refractivity contribution in [1.82, 2.24) is 14.1 Å². The summed E-state index contributed by atoms with van der Waals surface area (Å²) < 4.78 is 24.6. The summed E-state index contributed by atoms with van der Waals surface area (Å²) in [4.78, 5) is 14.0. The molecule has 1 unspecified atom stereocenters. The van der Waals surface area contributed by atoms with Crippen molar-refractivity contribution in [2.75, 3.05) is 46.5 Å². The van der Waals surface area contributed by atoms with Crippen LogP contribution in [0.1, 0.15) is 0 Å². The second-order valence-electron chi connectivity index (χ2n) is 4.52. The summed E-state index contributed by atoms with van der Waals surface area (Å²) in [6.07, 6.45) is 0.161. The summed E-state index contributed by atoms with van der Waals surface area (Å²) in [5.41, 5.74) is 0. The van der Waals surface area contributed by atoms with Gasteiger partial charge in [-0.3, -0.25) is 0 Å². The van der Waals surface area contributed by atoms with E-state index in [-0.39, 0.29) is 25.7 Å². The van der Waals surface area contributed by atoms with Gasteiger partial charge in [0.15, 0.2) is 0 Å². The van der Waals surface area contributed by atoms with Crippen LogP contribution in [-0.2, 0) is 10.0 Å². The molecule has 0 radical (unpaired) electrons. The zero-order chi connectivity index (χ0) is 13.2. The van der Waals surface area contributed by atoms with E-state index in [1.54, 1.807) is 0 Å². The van der Waals surface area contributed by atoms with E-state index in [1.807, 2.05) is 19.0 Å². The maximum Gasteiger partial charge on any atom is 0.407 e. The van der Waals surface area contributed by atoms with Crippen molar-refractivity contribution >= 4 is 16.1 Å². The van der Waals surface area contributed by atoms with Crippen LogP contribution in [0, 0.1) is 0 Å². The average molecular weight is 265 g/mol. The first-order chi connectivity index (χ1) is 7.71. The minimum absolute atomic E-state index is 0.223. The third kappa shape index (κ3) is 3.83. The van der Waals surface area contributed by atoms with Crippen LogP contribution >= 0.6 is 0 Å². The molecule has 0 aromatic heterocycles. The molecule has 17 heavy (non-hydrogen) atoms. The largest absolute Gasteiger partial charge is 0.465 e. The number of carbonyl (C=O) groups is 1. The second-order valence-corrected chi connectivity index (χ2v) is 6.45. The maximum absolute atomic E-state index is 11.6. The van der Waals surface area contributed by atoms with Gasteiger partial charge in [0.25, 0.3) is 0 Å².